The summed E-state index contributed by atoms with van der Waals surface area (Å²) in [4.78, 5) is 4.58. The smallest absolute Gasteiger partial charge is 0.203 e. The highest BCUT2D eigenvalue weighted by molar-refractivity contribution is 7.14. The average Bonchev–Trinajstić information content (AvgIpc) is 3.21. The van der Waals surface area contributed by atoms with Gasteiger partial charge in [-0.15, -0.1) is 11.3 Å². The van der Waals surface area contributed by atoms with E-state index in [1.54, 1.807) is 20.4 Å². The molecule has 0 spiro atoms. The van der Waals surface area contributed by atoms with E-state index < -0.39 is 0 Å². The van der Waals surface area contributed by atoms with Crippen molar-refractivity contribution in [2.45, 2.75) is 13.3 Å². The van der Waals surface area contributed by atoms with E-state index in [0.29, 0.717) is 10.9 Å². The summed E-state index contributed by atoms with van der Waals surface area (Å²) in [5.74, 6) is 2.32. The van der Waals surface area contributed by atoms with Crippen molar-refractivity contribution in [3.05, 3.63) is 53.4 Å². The molecule has 0 aliphatic heterocycles. The van der Waals surface area contributed by atoms with Gasteiger partial charge in [0.05, 0.1) is 32.7 Å². The molecule has 146 valence electrons. The maximum Gasteiger partial charge on any atom is 0.203 e. The van der Waals surface area contributed by atoms with E-state index in [4.69, 9.17) is 14.2 Å². The first kappa shape index (κ1) is 19.7. The van der Waals surface area contributed by atoms with Crippen LogP contribution in [-0.4, -0.2) is 32.0 Å². The average molecular weight is 398 g/mol. The fourth-order valence-electron chi connectivity index (χ4n) is 2.49. The number of aromatic nitrogens is 1. The van der Waals surface area contributed by atoms with Crippen molar-refractivity contribution >= 4 is 22.7 Å². The minimum Gasteiger partial charge on any atom is -0.497 e. The van der Waals surface area contributed by atoms with Crippen molar-refractivity contribution in [1.82, 2.24) is 4.98 Å². The Balaban J connectivity index is 1.64. The molecule has 7 heteroatoms. The lowest BCUT2D eigenvalue weighted by Gasteiger charge is -2.08. The van der Waals surface area contributed by atoms with Crippen LogP contribution in [0.2, 0.25) is 0 Å². The number of ether oxygens (including phenoxy) is 3. The Bertz CT molecular complexity index is 923. The Morgan fingerprint density at radius 3 is 2.57 bits per heavy atom. The van der Waals surface area contributed by atoms with E-state index in [-0.39, 0.29) is 0 Å². The van der Waals surface area contributed by atoms with Gasteiger partial charge in [0.15, 0.2) is 0 Å². The maximum atomic E-state index is 5.58. The quantitative estimate of drug-likeness (QED) is 0.404. The lowest BCUT2D eigenvalue weighted by Crippen LogP contribution is -1.95. The third kappa shape index (κ3) is 5.01. The molecule has 1 aromatic heterocycles. The Hall–Kier alpha value is -3.06. The second-order valence-corrected chi connectivity index (χ2v) is 6.75. The second kappa shape index (κ2) is 9.75. The van der Waals surface area contributed by atoms with Crippen LogP contribution in [0.3, 0.4) is 0 Å². The van der Waals surface area contributed by atoms with Crippen LogP contribution < -0.4 is 19.6 Å². The minimum atomic E-state index is 0.701. The largest absolute Gasteiger partial charge is 0.497 e. The summed E-state index contributed by atoms with van der Waals surface area (Å²) < 4.78 is 16.3. The summed E-state index contributed by atoms with van der Waals surface area (Å²) in [6.45, 7) is 2.81. The molecular formula is C21H23N3O3S. The van der Waals surface area contributed by atoms with Crippen molar-refractivity contribution in [2.75, 3.05) is 26.3 Å². The van der Waals surface area contributed by atoms with E-state index in [1.165, 1.54) is 11.3 Å². The molecule has 0 atom stereocenters. The van der Waals surface area contributed by atoms with Gasteiger partial charge in [-0.05, 0) is 48.4 Å². The topological polar surface area (TPSA) is 65.0 Å². The molecule has 0 aliphatic rings. The highest BCUT2D eigenvalue weighted by Crippen LogP contribution is 2.34. The number of hydrogen-bond acceptors (Lipinski definition) is 7. The molecule has 28 heavy (non-hydrogen) atoms. The Morgan fingerprint density at radius 2 is 1.86 bits per heavy atom. The summed E-state index contributed by atoms with van der Waals surface area (Å²) in [7, 11) is 3.26. The van der Waals surface area contributed by atoms with Crippen LogP contribution in [0.25, 0.3) is 11.3 Å². The number of nitrogens with one attached hydrogen (secondary N) is 1. The number of hydrogen-bond donors (Lipinski definition) is 1. The van der Waals surface area contributed by atoms with Crippen LogP contribution in [0, 0.1) is 0 Å². The lowest BCUT2D eigenvalue weighted by molar-refractivity contribution is 0.317. The summed E-state index contributed by atoms with van der Waals surface area (Å²) in [5.41, 5.74) is 5.67. The molecular weight excluding hydrogens is 374 g/mol. The first-order chi connectivity index (χ1) is 13.7. The van der Waals surface area contributed by atoms with E-state index >= 15 is 0 Å². The van der Waals surface area contributed by atoms with Gasteiger partial charge in [0.2, 0.25) is 5.13 Å². The van der Waals surface area contributed by atoms with Gasteiger partial charge in [-0.1, -0.05) is 6.92 Å². The summed E-state index contributed by atoms with van der Waals surface area (Å²) in [6, 6.07) is 13.5. The molecule has 0 fully saturated rings. The van der Waals surface area contributed by atoms with Crippen molar-refractivity contribution in [1.29, 1.82) is 0 Å². The van der Waals surface area contributed by atoms with Gasteiger partial charge in [-0.3, -0.25) is 5.43 Å². The minimum absolute atomic E-state index is 0.701. The maximum absolute atomic E-state index is 5.58. The van der Waals surface area contributed by atoms with E-state index in [0.717, 1.165) is 41.3 Å². The van der Waals surface area contributed by atoms with Gasteiger partial charge in [-0.2, -0.15) is 5.10 Å². The van der Waals surface area contributed by atoms with Gasteiger partial charge in [0.25, 0.3) is 0 Å². The molecule has 0 unspecified atom stereocenters. The van der Waals surface area contributed by atoms with Gasteiger partial charge < -0.3 is 14.2 Å². The Kier molecular flexibility index (Phi) is 6.86. The molecule has 0 bridgehead atoms. The Morgan fingerprint density at radius 1 is 1.07 bits per heavy atom. The number of benzene rings is 2. The predicted molar refractivity (Wildman–Crippen MR) is 114 cm³/mol. The fourth-order valence-corrected chi connectivity index (χ4v) is 3.15. The standard InChI is InChI=1S/C21H23N3O3S/c1-4-11-27-16-7-5-15(6-8-16)13-22-24-21-23-19(14-28-21)18-10-9-17(25-2)12-20(18)26-3/h5-10,12-14H,4,11H2,1-3H3,(H,23,24)/b22-13-. The first-order valence-electron chi connectivity index (χ1n) is 8.93. The SMILES string of the molecule is CCCOc1ccc(/C=N\Nc2nc(-c3ccc(OC)cc3OC)cs2)cc1. The molecule has 0 aliphatic carbocycles. The third-order valence-corrected chi connectivity index (χ3v) is 4.66. The van der Waals surface area contributed by atoms with Crippen molar-refractivity contribution in [2.24, 2.45) is 5.10 Å². The molecule has 0 saturated heterocycles. The van der Waals surface area contributed by atoms with Crippen LogP contribution in [-0.2, 0) is 0 Å². The molecule has 3 rings (SSSR count). The summed E-state index contributed by atoms with van der Waals surface area (Å²) >= 11 is 1.48. The number of rotatable bonds is 9. The number of nitrogens with zero attached hydrogens (tertiary/aromatic N) is 2. The summed E-state index contributed by atoms with van der Waals surface area (Å²) in [6.07, 6.45) is 2.74. The zero-order valence-electron chi connectivity index (χ0n) is 16.1. The molecule has 1 heterocycles. The van der Waals surface area contributed by atoms with Crippen molar-refractivity contribution in [3.63, 3.8) is 0 Å². The second-order valence-electron chi connectivity index (χ2n) is 5.89. The van der Waals surface area contributed by atoms with Crippen molar-refractivity contribution in [3.8, 4) is 28.5 Å². The van der Waals surface area contributed by atoms with Gasteiger partial charge >= 0.3 is 0 Å². The zero-order chi connectivity index (χ0) is 19.8. The van der Waals surface area contributed by atoms with Gasteiger partial charge in [-0.25, -0.2) is 4.98 Å². The van der Waals surface area contributed by atoms with Crippen molar-refractivity contribution < 1.29 is 14.2 Å². The van der Waals surface area contributed by atoms with Crippen LogP contribution in [0.1, 0.15) is 18.9 Å². The predicted octanol–water partition coefficient (Wildman–Crippen LogP) is 5.06. The van der Waals surface area contributed by atoms with Gasteiger partial charge in [0, 0.05) is 17.0 Å². The van der Waals surface area contributed by atoms with Crippen LogP contribution >= 0.6 is 11.3 Å². The molecule has 0 saturated carbocycles. The van der Waals surface area contributed by atoms with Crippen LogP contribution in [0.4, 0.5) is 5.13 Å². The zero-order valence-corrected chi connectivity index (χ0v) is 17.0. The lowest BCUT2D eigenvalue weighted by atomic mass is 10.1. The van der Waals surface area contributed by atoms with E-state index in [2.05, 4.69) is 22.4 Å². The highest BCUT2D eigenvalue weighted by atomic mass is 32.1. The van der Waals surface area contributed by atoms with Gasteiger partial charge in [0.1, 0.15) is 17.2 Å². The Labute approximate surface area is 168 Å². The summed E-state index contributed by atoms with van der Waals surface area (Å²) in [5, 5.41) is 6.92. The molecule has 3 aromatic rings. The molecule has 6 nitrogen and oxygen atoms in total. The molecule has 0 amide bonds. The molecule has 1 N–H and O–H groups in total. The van der Waals surface area contributed by atoms with E-state index in [9.17, 15) is 0 Å². The first-order valence-corrected chi connectivity index (χ1v) is 9.81. The highest BCUT2D eigenvalue weighted by Gasteiger charge is 2.11. The van der Waals surface area contributed by atoms with Crippen LogP contribution in [0.15, 0.2) is 52.9 Å². The van der Waals surface area contributed by atoms with E-state index in [1.807, 2.05) is 47.8 Å². The number of thiazole rings is 1. The van der Waals surface area contributed by atoms with Crippen LogP contribution in [0.5, 0.6) is 17.2 Å². The fraction of sp³-hybridized carbons (Fsp3) is 0.238. The molecule has 0 radical (unpaired) electrons. The molecule has 2 aromatic carbocycles. The number of methoxy groups -OCH3 is 2. The monoisotopic (exact) mass is 397 g/mol. The number of hydrazone groups is 1. The number of anilines is 1. The normalized spacial score (nSPS) is 10.8. The third-order valence-electron chi connectivity index (χ3n) is 3.92.